The first kappa shape index (κ1) is 22.2. The molecule has 2 aromatic carbocycles. The molecule has 1 unspecified atom stereocenters. The van der Waals surface area contributed by atoms with Crippen molar-refractivity contribution in [1.82, 2.24) is 9.80 Å². The molecule has 31 heavy (non-hydrogen) atoms. The lowest BCUT2D eigenvalue weighted by atomic mass is 10.2. The van der Waals surface area contributed by atoms with Crippen molar-refractivity contribution in [2.45, 2.75) is 13.0 Å². The molecule has 0 bridgehead atoms. The van der Waals surface area contributed by atoms with Crippen LogP contribution in [0.25, 0.3) is 0 Å². The lowest BCUT2D eigenvalue weighted by Crippen LogP contribution is -2.44. The van der Waals surface area contributed by atoms with Crippen LogP contribution in [-0.4, -0.2) is 59.7 Å². The van der Waals surface area contributed by atoms with E-state index >= 15 is 0 Å². The average molecular weight is 447 g/mol. The number of benzene rings is 2. The van der Waals surface area contributed by atoms with Gasteiger partial charge in [0.1, 0.15) is 18.4 Å². The molecule has 10 heteroatoms. The van der Waals surface area contributed by atoms with Gasteiger partial charge in [-0.3, -0.25) is 24.2 Å². The number of rotatable bonds is 6. The molecule has 2 aromatic rings. The highest BCUT2D eigenvalue weighted by molar-refractivity contribution is 6.33. The van der Waals surface area contributed by atoms with Gasteiger partial charge in [0.05, 0.1) is 17.3 Å². The number of urea groups is 1. The van der Waals surface area contributed by atoms with E-state index in [1.54, 1.807) is 24.3 Å². The Morgan fingerprint density at radius 2 is 1.77 bits per heavy atom. The first-order chi connectivity index (χ1) is 14.7. The smallest absolute Gasteiger partial charge is 0.332 e. The van der Waals surface area contributed by atoms with Gasteiger partial charge in [0.15, 0.2) is 0 Å². The Balaban J connectivity index is 1.63. The van der Waals surface area contributed by atoms with Crippen LogP contribution in [0.15, 0.2) is 48.5 Å². The molecule has 8 nitrogen and oxygen atoms in total. The van der Waals surface area contributed by atoms with Crippen molar-refractivity contribution < 1.29 is 23.6 Å². The fraction of sp³-hybridized carbons (Fsp3) is 0.238. The van der Waals surface area contributed by atoms with Crippen LogP contribution in [0.3, 0.4) is 0 Å². The third-order valence-electron chi connectivity index (χ3n) is 4.80. The summed E-state index contributed by atoms with van der Waals surface area (Å²) in [5.74, 6) is -2.11. The highest BCUT2D eigenvalue weighted by Crippen LogP contribution is 2.26. The van der Waals surface area contributed by atoms with Crippen molar-refractivity contribution in [2.24, 2.45) is 0 Å². The minimum Gasteiger partial charge on any atom is -0.335 e. The third kappa shape index (κ3) is 4.83. The van der Waals surface area contributed by atoms with Gasteiger partial charge in [-0.1, -0.05) is 23.7 Å². The number of para-hydroxylation sites is 1. The van der Waals surface area contributed by atoms with Gasteiger partial charge >= 0.3 is 6.03 Å². The number of halogens is 2. The number of carbonyl (C=O) groups excluding carboxylic acids is 4. The molecule has 1 N–H and O–H groups in total. The summed E-state index contributed by atoms with van der Waals surface area (Å²) in [5, 5.41) is 2.95. The number of hydrogen-bond acceptors (Lipinski definition) is 4. The molecule has 1 saturated heterocycles. The van der Waals surface area contributed by atoms with Crippen molar-refractivity contribution in [3.05, 3.63) is 59.4 Å². The highest BCUT2D eigenvalue weighted by Gasteiger charge is 2.44. The first-order valence-electron chi connectivity index (χ1n) is 9.37. The Bertz CT molecular complexity index is 1030. The number of imide groups is 1. The van der Waals surface area contributed by atoms with E-state index in [2.05, 4.69) is 5.32 Å². The summed E-state index contributed by atoms with van der Waals surface area (Å²) in [6.07, 6.45) is 0. The zero-order valence-electron chi connectivity index (χ0n) is 16.8. The molecule has 3 rings (SSSR count). The Labute approximate surface area is 183 Å². The minimum absolute atomic E-state index is 0.294. The van der Waals surface area contributed by atoms with Gasteiger partial charge in [0.25, 0.3) is 5.91 Å². The second-order valence-electron chi connectivity index (χ2n) is 7.01. The maximum atomic E-state index is 13.2. The van der Waals surface area contributed by atoms with Gasteiger partial charge in [0, 0.05) is 12.7 Å². The maximum Gasteiger partial charge on any atom is 0.332 e. The Morgan fingerprint density at radius 3 is 2.42 bits per heavy atom. The van der Waals surface area contributed by atoms with E-state index in [1.165, 1.54) is 43.1 Å². The van der Waals surface area contributed by atoms with E-state index in [0.29, 0.717) is 16.4 Å². The fourth-order valence-electron chi connectivity index (χ4n) is 3.12. The predicted molar refractivity (Wildman–Crippen MR) is 113 cm³/mol. The molecule has 162 valence electrons. The van der Waals surface area contributed by atoms with E-state index in [9.17, 15) is 23.6 Å². The molecule has 0 spiro atoms. The molecule has 0 saturated carbocycles. The molecular formula is C21H20ClFN4O4. The summed E-state index contributed by atoms with van der Waals surface area (Å²) in [6.45, 7) is 0.710. The summed E-state index contributed by atoms with van der Waals surface area (Å²) in [4.78, 5) is 53.2. The zero-order valence-corrected chi connectivity index (χ0v) is 17.6. The van der Waals surface area contributed by atoms with Gasteiger partial charge in [-0.15, -0.1) is 0 Å². The van der Waals surface area contributed by atoms with Crippen molar-refractivity contribution in [1.29, 1.82) is 0 Å². The summed E-state index contributed by atoms with van der Waals surface area (Å²) < 4.78 is 13.2. The quantitative estimate of drug-likeness (QED) is 0.691. The van der Waals surface area contributed by atoms with Crippen LogP contribution in [0.4, 0.5) is 20.6 Å². The molecule has 1 aliphatic heterocycles. The largest absolute Gasteiger partial charge is 0.335 e. The minimum atomic E-state index is -0.848. The Morgan fingerprint density at radius 1 is 1.13 bits per heavy atom. The van der Waals surface area contributed by atoms with Crippen molar-refractivity contribution in [3.63, 3.8) is 0 Å². The predicted octanol–water partition coefficient (Wildman–Crippen LogP) is 2.73. The summed E-state index contributed by atoms with van der Waals surface area (Å²) in [6, 6.07) is 10.2. The summed E-state index contributed by atoms with van der Waals surface area (Å²) in [7, 11) is 1.39. The zero-order chi connectivity index (χ0) is 22.7. The number of hydrogen-bond donors (Lipinski definition) is 1. The summed E-state index contributed by atoms with van der Waals surface area (Å²) in [5.41, 5.74) is 0.748. The van der Waals surface area contributed by atoms with E-state index < -0.39 is 42.2 Å². The second kappa shape index (κ2) is 9.13. The van der Waals surface area contributed by atoms with E-state index in [-0.39, 0.29) is 6.54 Å². The number of carbonyl (C=O) groups is 4. The molecule has 1 heterocycles. The van der Waals surface area contributed by atoms with E-state index in [4.69, 9.17) is 11.6 Å². The number of likely N-dealkylation sites (N-methyl/N-ethyl adjacent to an activating group) is 1. The molecule has 0 radical (unpaired) electrons. The van der Waals surface area contributed by atoms with Crippen molar-refractivity contribution in [2.75, 3.05) is 30.4 Å². The molecular weight excluding hydrogens is 427 g/mol. The molecule has 5 amide bonds. The van der Waals surface area contributed by atoms with Crippen LogP contribution in [0.5, 0.6) is 0 Å². The van der Waals surface area contributed by atoms with Crippen LogP contribution in [0, 0.1) is 5.82 Å². The lowest BCUT2D eigenvalue weighted by Gasteiger charge is -2.21. The molecule has 1 aliphatic rings. The average Bonchev–Trinajstić information content (AvgIpc) is 2.93. The molecule has 0 aromatic heterocycles. The fourth-order valence-corrected chi connectivity index (χ4v) is 3.30. The van der Waals surface area contributed by atoms with E-state index in [0.717, 1.165) is 9.80 Å². The van der Waals surface area contributed by atoms with Crippen LogP contribution in [-0.2, 0) is 14.4 Å². The number of amides is 5. The van der Waals surface area contributed by atoms with Crippen molar-refractivity contribution in [3.8, 4) is 0 Å². The molecule has 1 atom stereocenters. The summed E-state index contributed by atoms with van der Waals surface area (Å²) >= 11 is 6.00. The van der Waals surface area contributed by atoms with Gasteiger partial charge in [-0.2, -0.15) is 0 Å². The van der Waals surface area contributed by atoms with Gasteiger partial charge in [-0.05, 0) is 43.3 Å². The van der Waals surface area contributed by atoms with Crippen LogP contribution in [0.1, 0.15) is 6.92 Å². The monoisotopic (exact) mass is 446 g/mol. The van der Waals surface area contributed by atoms with Gasteiger partial charge in [0.2, 0.25) is 11.8 Å². The van der Waals surface area contributed by atoms with Crippen LogP contribution < -0.4 is 10.2 Å². The Hall–Kier alpha value is -3.46. The number of nitrogens with zero attached hydrogens (tertiary/aromatic N) is 3. The van der Waals surface area contributed by atoms with Crippen LogP contribution >= 0.6 is 11.6 Å². The van der Waals surface area contributed by atoms with Gasteiger partial charge in [-0.25, -0.2) is 9.18 Å². The SMILES string of the molecule is CC1C(=O)N(CC(=O)N(C)CC(=O)Nc2ccccc2Cl)C(=O)N1c1ccc(F)cc1. The normalized spacial score (nSPS) is 15.9. The third-order valence-corrected chi connectivity index (χ3v) is 5.13. The van der Waals surface area contributed by atoms with Gasteiger partial charge < -0.3 is 10.2 Å². The first-order valence-corrected chi connectivity index (χ1v) is 9.75. The highest BCUT2D eigenvalue weighted by atomic mass is 35.5. The lowest BCUT2D eigenvalue weighted by molar-refractivity contribution is -0.137. The molecule has 0 aliphatic carbocycles. The molecule has 1 fully saturated rings. The maximum absolute atomic E-state index is 13.2. The van der Waals surface area contributed by atoms with Crippen molar-refractivity contribution >= 4 is 46.7 Å². The van der Waals surface area contributed by atoms with Crippen LogP contribution in [0.2, 0.25) is 5.02 Å². The standard InChI is InChI=1S/C21H20ClFN4O4/c1-13-20(30)26(21(31)27(13)15-9-7-14(23)8-10-15)12-19(29)25(2)11-18(28)24-17-6-4-3-5-16(17)22/h3-10,13H,11-12H2,1-2H3,(H,24,28). The topological polar surface area (TPSA) is 90.0 Å². The number of nitrogens with one attached hydrogen (secondary N) is 1. The Kier molecular flexibility index (Phi) is 6.55. The second-order valence-corrected chi connectivity index (χ2v) is 7.41. The number of anilines is 2. The van der Waals surface area contributed by atoms with E-state index in [1.807, 2.05) is 0 Å².